The molecule has 3 saturated carbocycles. The molecule has 0 aromatic heterocycles. The average Bonchev–Trinajstić information content (AvgIpc) is 2.79. The maximum absolute atomic E-state index is 12.9. The molecule has 0 spiro atoms. The van der Waals surface area contributed by atoms with Gasteiger partial charge in [-0.2, -0.15) is 0 Å². The zero-order valence-corrected chi connectivity index (χ0v) is 13.6. The number of allylic oxidation sites excluding steroid dienone is 6. The lowest BCUT2D eigenvalue weighted by molar-refractivity contribution is -0.119. The fourth-order valence-corrected chi connectivity index (χ4v) is 5.71. The van der Waals surface area contributed by atoms with Crippen molar-refractivity contribution >= 4 is 5.91 Å². The van der Waals surface area contributed by atoms with Crippen LogP contribution in [0.5, 0.6) is 0 Å². The summed E-state index contributed by atoms with van der Waals surface area (Å²) in [6, 6.07) is 0.299. The average molecular weight is 293 g/mol. The second-order valence-electron chi connectivity index (χ2n) is 8.72. The molecule has 0 aromatic rings. The highest BCUT2D eigenvalue weighted by Gasteiger charge is 2.59. The zero-order valence-electron chi connectivity index (χ0n) is 13.6. The lowest BCUT2D eigenvalue weighted by Gasteiger charge is -2.43. The van der Waals surface area contributed by atoms with Gasteiger partial charge in [-0.05, 0) is 76.9 Å². The van der Waals surface area contributed by atoms with E-state index in [9.17, 15) is 4.79 Å². The van der Waals surface area contributed by atoms with Gasteiger partial charge in [0.05, 0.1) is 0 Å². The third-order valence-electron chi connectivity index (χ3n) is 7.06. The zero-order chi connectivity index (χ0) is 15.3. The van der Waals surface area contributed by atoms with Gasteiger partial charge in [0.2, 0.25) is 0 Å². The Morgan fingerprint density at radius 1 is 1.23 bits per heavy atom. The first-order chi connectivity index (χ1) is 10.4. The highest BCUT2D eigenvalue weighted by molar-refractivity contribution is 6.02. The van der Waals surface area contributed by atoms with Gasteiger partial charge in [0, 0.05) is 11.6 Å². The van der Waals surface area contributed by atoms with Crippen LogP contribution in [0.15, 0.2) is 46.1 Å². The van der Waals surface area contributed by atoms with E-state index in [1.165, 1.54) is 41.6 Å². The van der Waals surface area contributed by atoms with Gasteiger partial charge >= 0.3 is 0 Å². The first-order valence-corrected chi connectivity index (χ1v) is 8.58. The van der Waals surface area contributed by atoms with Crippen molar-refractivity contribution in [2.45, 2.75) is 52.5 Å². The largest absolute Gasteiger partial charge is 0.348 e. The minimum Gasteiger partial charge on any atom is -0.348 e. The number of hydrogen-bond donors (Lipinski definition) is 1. The van der Waals surface area contributed by atoms with Gasteiger partial charge in [-0.25, -0.2) is 0 Å². The molecule has 0 radical (unpaired) electrons. The fourth-order valence-electron chi connectivity index (χ4n) is 5.71. The number of amides is 1. The van der Waals surface area contributed by atoms with Crippen LogP contribution in [0, 0.1) is 16.7 Å². The van der Waals surface area contributed by atoms with Crippen molar-refractivity contribution in [2.24, 2.45) is 16.7 Å². The van der Waals surface area contributed by atoms with E-state index in [1.54, 1.807) is 0 Å². The predicted octanol–water partition coefficient (Wildman–Crippen LogP) is 3.82. The van der Waals surface area contributed by atoms with Gasteiger partial charge in [0.15, 0.2) is 0 Å². The van der Waals surface area contributed by atoms with Crippen LogP contribution in [-0.2, 0) is 4.79 Å². The summed E-state index contributed by atoms with van der Waals surface area (Å²) in [7, 11) is 0. The van der Waals surface area contributed by atoms with Crippen LogP contribution in [-0.4, -0.2) is 11.9 Å². The van der Waals surface area contributed by atoms with Gasteiger partial charge in [-0.15, -0.1) is 0 Å². The molecule has 5 aliphatic rings. The molecule has 22 heavy (non-hydrogen) atoms. The highest BCUT2D eigenvalue weighted by atomic mass is 16.1. The Balaban J connectivity index is 1.45. The molecule has 3 atom stereocenters. The van der Waals surface area contributed by atoms with E-state index in [4.69, 9.17) is 0 Å². The molecule has 1 amide bonds. The van der Waals surface area contributed by atoms with Gasteiger partial charge in [0.1, 0.15) is 0 Å². The number of fused-ring (bicyclic) bond motifs is 4. The van der Waals surface area contributed by atoms with E-state index in [1.807, 2.05) is 6.08 Å². The van der Waals surface area contributed by atoms with E-state index in [-0.39, 0.29) is 16.7 Å². The van der Waals surface area contributed by atoms with E-state index in [0.29, 0.717) is 6.04 Å². The second-order valence-corrected chi connectivity index (χ2v) is 8.72. The first-order valence-electron chi connectivity index (χ1n) is 8.58. The highest BCUT2D eigenvalue weighted by Crippen LogP contribution is 2.62. The molecule has 0 aromatic carbocycles. The maximum atomic E-state index is 12.9. The number of nitrogens with one attached hydrogen (secondary N) is 1. The van der Waals surface area contributed by atoms with Crippen molar-refractivity contribution in [1.29, 1.82) is 0 Å². The first kappa shape index (κ1) is 12.9. The molecule has 0 saturated heterocycles. The molecule has 5 aliphatic carbocycles. The number of rotatable bonds is 2. The molecule has 114 valence electrons. The third-order valence-corrected chi connectivity index (χ3v) is 7.06. The molecule has 2 bridgehead atoms. The van der Waals surface area contributed by atoms with Crippen LogP contribution in [0.4, 0.5) is 0 Å². The van der Waals surface area contributed by atoms with Crippen LogP contribution in [0.1, 0.15) is 46.5 Å². The van der Waals surface area contributed by atoms with E-state index < -0.39 is 0 Å². The quantitative estimate of drug-likeness (QED) is 0.824. The summed E-state index contributed by atoms with van der Waals surface area (Å²) in [5.74, 6) is 0.894. The van der Waals surface area contributed by atoms with Gasteiger partial charge in [-0.3, -0.25) is 4.79 Å². The smallest absolute Gasteiger partial charge is 0.252 e. The van der Waals surface area contributed by atoms with Crippen LogP contribution in [0.25, 0.3) is 0 Å². The summed E-state index contributed by atoms with van der Waals surface area (Å²) in [5, 5.41) is 3.43. The second kappa shape index (κ2) is 3.67. The Hall–Kier alpha value is -1.57. The van der Waals surface area contributed by atoms with Crippen LogP contribution in [0.2, 0.25) is 0 Å². The van der Waals surface area contributed by atoms with E-state index in [0.717, 1.165) is 17.9 Å². The minimum atomic E-state index is 0.131. The topological polar surface area (TPSA) is 29.1 Å². The lowest BCUT2D eigenvalue weighted by Crippen LogP contribution is -2.52. The Kier molecular flexibility index (Phi) is 2.15. The Morgan fingerprint density at radius 2 is 2.05 bits per heavy atom. The van der Waals surface area contributed by atoms with Crippen molar-refractivity contribution in [2.75, 3.05) is 0 Å². The van der Waals surface area contributed by atoms with Crippen LogP contribution in [0.3, 0.4) is 0 Å². The number of hydrogen-bond acceptors (Lipinski definition) is 1. The van der Waals surface area contributed by atoms with Crippen molar-refractivity contribution in [3.05, 3.63) is 46.1 Å². The summed E-state index contributed by atoms with van der Waals surface area (Å²) >= 11 is 0. The monoisotopic (exact) mass is 293 g/mol. The van der Waals surface area contributed by atoms with E-state index >= 15 is 0 Å². The summed E-state index contributed by atoms with van der Waals surface area (Å²) in [6.45, 7) is 7.06. The Morgan fingerprint density at radius 3 is 2.77 bits per heavy atom. The van der Waals surface area contributed by atoms with Crippen LogP contribution < -0.4 is 5.32 Å². The Labute approximate surface area is 132 Å². The predicted molar refractivity (Wildman–Crippen MR) is 87.1 cm³/mol. The molecule has 3 fully saturated rings. The standard InChI is InChI=1S/C20H23NO/c1-19(2)12-6-7-20(3,10-12)18(19)21-17(22)14-5-4-13-15-8-11(15)9-16(13)14/h4-5,9,12,18H,6-8,10H2,1-3H3,(H,21,22)/t12-,18-,20+/m1/s1. The number of carbonyl (C=O) groups excluding carboxylic acids is 1. The van der Waals surface area contributed by atoms with Crippen molar-refractivity contribution in [3.8, 4) is 0 Å². The fraction of sp³-hybridized carbons (Fsp3) is 0.550. The Bertz CT molecular complexity index is 741. The van der Waals surface area contributed by atoms with Gasteiger partial charge in [0.25, 0.3) is 5.91 Å². The molecule has 5 rings (SSSR count). The molecule has 0 unspecified atom stereocenters. The van der Waals surface area contributed by atoms with Gasteiger partial charge < -0.3 is 5.32 Å². The molecule has 0 heterocycles. The molecule has 0 aliphatic heterocycles. The van der Waals surface area contributed by atoms with Crippen molar-refractivity contribution < 1.29 is 4.79 Å². The third kappa shape index (κ3) is 1.44. The van der Waals surface area contributed by atoms with Crippen LogP contribution >= 0.6 is 0 Å². The summed E-state index contributed by atoms with van der Waals surface area (Å²) in [6.07, 6.45) is 11.3. The normalized spacial score (nSPS) is 39.3. The molecular formula is C20H23NO. The summed E-state index contributed by atoms with van der Waals surface area (Å²) in [5.41, 5.74) is 6.75. The summed E-state index contributed by atoms with van der Waals surface area (Å²) < 4.78 is 0. The summed E-state index contributed by atoms with van der Waals surface area (Å²) in [4.78, 5) is 12.9. The molecule has 1 N–H and O–H groups in total. The molecular weight excluding hydrogens is 270 g/mol. The van der Waals surface area contributed by atoms with Crippen molar-refractivity contribution in [3.63, 3.8) is 0 Å². The minimum absolute atomic E-state index is 0.131. The maximum Gasteiger partial charge on any atom is 0.252 e. The van der Waals surface area contributed by atoms with Crippen molar-refractivity contribution in [1.82, 2.24) is 5.32 Å². The SMILES string of the molecule is CC1(C)[C@@H]2CC[C@@](C)(C2)[C@@H]1NC(=O)C1=C2C=C3CC3=C2C=C1. The lowest BCUT2D eigenvalue weighted by atomic mass is 9.68. The van der Waals surface area contributed by atoms with E-state index in [2.05, 4.69) is 38.2 Å². The molecule has 2 nitrogen and oxygen atoms in total. The number of carbonyl (C=O) groups is 1. The van der Waals surface area contributed by atoms with Gasteiger partial charge in [-0.1, -0.05) is 26.8 Å². The molecule has 2 heteroatoms.